The van der Waals surface area contributed by atoms with Gasteiger partial charge in [-0.25, -0.2) is 4.98 Å². The number of nitrogens with zero attached hydrogens (tertiary/aromatic N) is 3. The van der Waals surface area contributed by atoms with Gasteiger partial charge in [0.15, 0.2) is 11.0 Å². The van der Waals surface area contributed by atoms with Crippen LogP contribution in [0.3, 0.4) is 0 Å². The Hall–Kier alpha value is -1.31. The maximum absolute atomic E-state index is 12.3. The van der Waals surface area contributed by atoms with Gasteiger partial charge in [0, 0.05) is 13.1 Å². The minimum absolute atomic E-state index is 0.0577. The Morgan fingerprint density at radius 1 is 1.18 bits per heavy atom. The Labute approximate surface area is 138 Å². The van der Waals surface area contributed by atoms with E-state index in [0.29, 0.717) is 0 Å². The summed E-state index contributed by atoms with van der Waals surface area (Å²) >= 11 is 11.9. The lowest BCUT2D eigenvalue weighted by molar-refractivity contribution is -0.240. The van der Waals surface area contributed by atoms with Gasteiger partial charge in [0.25, 0.3) is 5.85 Å². The molecule has 1 N–H and O–H groups in total. The number of carbonyl (C=O) groups excluding carboxylic acids is 2. The summed E-state index contributed by atoms with van der Waals surface area (Å²) < 4.78 is 6.00. The topological polar surface area (TPSA) is 78.5 Å². The van der Waals surface area contributed by atoms with Gasteiger partial charge in [-0.15, -0.1) is 0 Å². The van der Waals surface area contributed by atoms with E-state index in [1.165, 1.54) is 9.80 Å². The van der Waals surface area contributed by atoms with E-state index < -0.39 is 17.7 Å². The highest BCUT2D eigenvalue weighted by atomic mass is 35.5. The molecule has 0 aliphatic carbocycles. The lowest BCUT2D eigenvalue weighted by atomic mass is 10.3. The first-order valence-corrected chi connectivity index (χ1v) is 7.77. The third kappa shape index (κ3) is 2.37. The van der Waals surface area contributed by atoms with Gasteiger partial charge in [-0.1, -0.05) is 23.2 Å². The molecule has 1 aromatic heterocycles. The van der Waals surface area contributed by atoms with Crippen molar-refractivity contribution in [3.63, 3.8) is 0 Å². The van der Waals surface area contributed by atoms with E-state index in [2.05, 4.69) is 9.97 Å². The Kier molecular flexibility index (Phi) is 4.70. The monoisotopic (exact) mass is 348 g/mol. The van der Waals surface area contributed by atoms with Crippen molar-refractivity contribution in [1.82, 2.24) is 19.8 Å². The maximum atomic E-state index is 12.3. The quantitative estimate of drug-likeness (QED) is 0.825. The zero-order chi connectivity index (χ0) is 16.7. The zero-order valence-electron chi connectivity index (χ0n) is 12.8. The molecule has 0 atom stereocenters. The summed E-state index contributed by atoms with van der Waals surface area (Å²) in [5, 5.41) is 0.185. The molecular weight excluding hydrogens is 331 g/mol. The second kappa shape index (κ2) is 6.06. The maximum Gasteiger partial charge on any atom is 0.316 e. The molecule has 0 radical (unpaired) electrons. The van der Waals surface area contributed by atoms with Gasteiger partial charge in [-0.05, 0) is 27.7 Å². The van der Waals surface area contributed by atoms with Crippen molar-refractivity contribution in [1.29, 1.82) is 0 Å². The van der Waals surface area contributed by atoms with Crippen LogP contribution < -0.4 is 0 Å². The van der Waals surface area contributed by atoms with E-state index >= 15 is 0 Å². The molecule has 2 heterocycles. The van der Waals surface area contributed by atoms with Crippen molar-refractivity contribution in [3.8, 4) is 0 Å². The molecule has 122 valence electrons. The Bertz CT molecular complexity index is 561. The Morgan fingerprint density at radius 2 is 1.68 bits per heavy atom. The standard InChI is InChI=1S/C13H18Cl2N4O3/c1-5-18-10(20)11(21)19(6-2)13(18,22-7(3)4)12-16-8(14)9(15)17-12/h7H,5-6H2,1-4H3,(H,16,17). The smallest absolute Gasteiger partial charge is 0.316 e. The van der Waals surface area contributed by atoms with E-state index in [1.807, 2.05) is 13.8 Å². The van der Waals surface area contributed by atoms with E-state index in [9.17, 15) is 9.59 Å². The molecule has 22 heavy (non-hydrogen) atoms. The van der Waals surface area contributed by atoms with Crippen LogP contribution >= 0.6 is 23.2 Å². The van der Waals surface area contributed by atoms with Gasteiger partial charge in [-0.3, -0.25) is 19.4 Å². The molecule has 0 spiro atoms. The normalized spacial score (nSPS) is 18.0. The number of halogens is 2. The number of ether oxygens (including phenoxy) is 1. The van der Waals surface area contributed by atoms with Crippen LogP contribution in [-0.2, 0) is 20.2 Å². The molecule has 1 aliphatic rings. The minimum Gasteiger partial charge on any atom is -0.329 e. The fraction of sp³-hybridized carbons (Fsp3) is 0.615. The lowest BCUT2D eigenvalue weighted by Gasteiger charge is -2.41. The van der Waals surface area contributed by atoms with Crippen molar-refractivity contribution in [3.05, 3.63) is 16.1 Å². The average Bonchev–Trinajstić information content (AvgIpc) is 2.87. The predicted molar refractivity (Wildman–Crippen MR) is 81.3 cm³/mol. The number of H-pyrrole nitrogens is 1. The first-order chi connectivity index (χ1) is 10.3. The van der Waals surface area contributed by atoms with Gasteiger partial charge >= 0.3 is 11.8 Å². The van der Waals surface area contributed by atoms with E-state index in [-0.39, 0.29) is 35.3 Å². The summed E-state index contributed by atoms with van der Waals surface area (Å²) in [6, 6.07) is 0. The molecule has 1 saturated heterocycles. The summed E-state index contributed by atoms with van der Waals surface area (Å²) in [4.78, 5) is 34.2. The van der Waals surface area contributed by atoms with Gasteiger partial charge < -0.3 is 9.72 Å². The van der Waals surface area contributed by atoms with Gasteiger partial charge in [0.1, 0.15) is 5.15 Å². The van der Waals surface area contributed by atoms with Crippen LogP contribution in [0.5, 0.6) is 0 Å². The number of carbonyl (C=O) groups is 2. The lowest BCUT2D eigenvalue weighted by Crippen LogP contribution is -2.55. The van der Waals surface area contributed by atoms with Gasteiger partial charge in [-0.2, -0.15) is 0 Å². The molecule has 2 rings (SSSR count). The van der Waals surface area contributed by atoms with Crippen LogP contribution in [-0.4, -0.2) is 50.8 Å². The summed E-state index contributed by atoms with van der Waals surface area (Å²) in [5.74, 6) is -2.55. The number of rotatable bonds is 5. The van der Waals surface area contributed by atoms with Crippen molar-refractivity contribution in [2.75, 3.05) is 13.1 Å². The molecule has 1 fully saturated rings. The summed E-state index contributed by atoms with van der Waals surface area (Å²) in [7, 11) is 0. The fourth-order valence-corrected chi connectivity index (χ4v) is 2.88. The van der Waals surface area contributed by atoms with Gasteiger partial charge in [0.2, 0.25) is 0 Å². The van der Waals surface area contributed by atoms with Crippen LogP contribution in [0.1, 0.15) is 33.5 Å². The third-order valence-electron chi connectivity index (χ3n) is 3.37. The van der Waals surface area contributed by atoms with Crippen LogP contribution in [0.25, 0.3) is 0 Å². The van der Waals surface area contributed by atoms with Crippen molar-refractivity contribution in [2.45, 2.75) is 39.6 Å². The number of nitrogens with one attached hydrogen (secondary N) is 1. The summed E-state index contributed by atoms with van der Waals surface area (Å²) in [6.45, 7) is 7.67. The van der Waals surface area contributed by atoms with Crippen LogP contribution in [0, 0.1) is 0 Å². The highest BCUT2D eigenvalue weighted by molar-refractivity contribution is 6.40. The molecule has 0 saturated carbocycles. The predicted octanol–water partition coefficient (Wildman–Crippen LogP) is 1.96. The second-order valence-corrected chi connectivity index (χ2v) is 5.80. The first kappa shape index (κ1) is 17.1. The minimum atomic E-state index is -1.47. The Morgan fingerprint density at radius 3 is 2.00 bits per heavy atom. The fourth-order valence-electron chi connectivity index (χ4n) is 2.62. The van der Waals surface area contributed by atoms with Crippen LogP contribution in [0.2, 0.25) is 10.3 Å². The highest BCUT2D eigenvalue weighted by Crippen LogP contribution is 2.40. The number of likely N-dealkylation sites (N-methyl/N-ethyl adjacent to an activating group) is 2. The molecule has 7 nitrogen and oxygen atoms in total. The van der Waals surface area contributed by atoms with Crippen LogP contribution in [0.4, 0.5) is 0 Å². The largest absolute Gasteiger partial charge is 0.329 e. The molecule has 9 heteroatoms. The van der Waals surface area contributed by atoms with E-state index in [4.69, 9.17) is 27.9 Å². The molecular formula is C13H18Cl2N4O3. The summed E-state index contributed by atoms with van der Waals surface area (Å²) in [5.41, 5.74) is 0. The number of hydrogen-bond acceptors (Lipinski definition) is 4. The number of aromatic amines is 1. The molecule has 0 aromatic carbocycles. The first-order valence-electron chi connectivity index (χ1n) is 7.02. The zero-order valence-corrected chi connectivity index (χ0v) is 14.3. The number of imidazole rings is 1. The van der Waals surface area contributed by atoms with Gasteiger partial charge in [0.05, 0.1) is 6.10 Å². The van der Waals surface area contributed by atoms with Crippen molar-refractivity contribution in [2.24, 2.45) is 0 Å². The highest BCUT2D eigenvalue weighted by Gasteiger charge is 2.60. The second-order valence-electron chi connectivity index (χ2n) is 5.06. The molecule has 0 bridgehead atoms. The SMILES string of the molecule is CCN1C(=O)C(=O)N(CC)C1(OC(C)C)c1nc(Cl)c(Cl)[nH]1. The summed E-state index contributed by atoms with van der Waals surface area (Å²) in [6.07, 6.45) is -0.274. The van der Waals surface area contributed by atoms with Crippen LogP contribution in [0.15, 0.2) is 0 Å². The van der Waals surface area contributed by atoms with E-state index in [0.717, 1.165) is 0 Å². The molecule has 1 aliphatic heterocycles. The molecule has 2 amide bonds. The average molecular weight is 349 g/mol. The number of aromatic nitrogens is 2. The van der Waals surface area contributed by atoms with Crippen molar-refractivity contribution >= 4 is 35.0 Å². The number of hydrogen-bond donors (Lipinski definition) is 1. The third-order valence-corrected chi connectivity index (χ3v) is 4.01. The van der Waals surface area contributed by atoms with Crippen molar-refractivity contribution < 1.29 is 14.3 Å². The Balaban J connectivity index is 2.69. The number of amides is 2. The molecule has 1 aromatic rings. The van der Waals surface area contributed by atoms with E-state index in [1.54, 1.807) is 13.8 Å². The molecule has 0 unspecified atom stereocenters.